The molecule has 1 spiro atoms. The van der Waals surface area contributed by atoms with E-state index in [-0.39, 0.29) is 0 Å². The summed E-state index contributed by atoms with van der Waals surface area (Å²) in [5, 5.41) is 7.69. The SMILES string of the molecule is c1ccc(N(c2ccc3c(c2)C2(c4ccccc4-c4cccc5cccc2c45)c2cccc4cccc-3c24)c2ccc3c4ccccc4n(-c4ccccc4)c3c2)cc1. The van der Waals surface area contributed by atoms with Crippen LogP contribution in [-0.2, 0) is 5.41 Å². The topological polar surface area (TPSA) is 8.17 Å². The lowest BCUT2D eigenvalue weighted by Gasteiger charge is -2.46. The van der Waals surface area contributed by atoms with Gasteiger partial charge in [-0.25, -0.2) is 0 Å². The Balaban J connectivity index is 1.14. The molecule has 2 aliphatic rings. The summed E-state index contributed by atoms with van der Waals surface area (Å²) in [6.07, 6.45) is 0. The van der Waals surface area contributed by atoms with Crippen molar-refractivity contribution in [2.45, 2.75) is 5.41 Å². The highest BCUT2D eigenvalue weighted by Crippen LogP contribution is 2.61. The summed E-state index contributed by atoms with van der Waals surface area (Å²) in [5.41, 5.74) is 16.7. The molecule has 13 rings (SSSR count). The third-order valence-electron chi connectivity index (χ3n) is 13.1. The first-order valence-electron chi connectivity index (χ1n) is 20.5. The summed E-state index contributed by atoms with van der Waals surface area (Å²) < 4.78 is 2.41. The van der Waals surface area contributed by atoms with Gasteiger partial charge >= 0.3 is 0 Å². The first-order valence-corrected chi connectivity index (χ1v) is 20.5. The lowest BCUT2D eigenvalue weighted by molar-refractivity contribution is 0.754. The molecule has 1 unspecified atom stereocenters. The van der Waals surface area contributed by atoms with Gasteiger partial charge in [0.05, 0.1) is 16.4 Å². The number of fused-ring (bicyclic) bond motifs is 11. The van der Waals surface area contributed by atoms with Gasteiger partial charge in [-0.2, -0.15) is 0 Å². The Hall–Kier alpha value is -7.68. The monoisotopic (exact) mass is 748 g/mol. The largest absolute Gasteiger partial charge is 0.310 e. The zero-order chi connectivity index (χ0) is 38.7. The summed E-state index contributed by atoms with van der Waals surface area (Å²) in [7, 11) is 0. The number of hydrogen-bond donors (Lipinski definition) is 0. The fourth-order valence-corrected chi connectivity index (χ4v) is 10.9. The van der Waals surface area contributed by atoms with Gasteiger partial charge in [0.15, 0.2) is 0 Å². The zero-order valence-electron chi connectivity index (χ0n) is 32.2. The van der Waals surface area contributed by atoms with Crippen molar-refractivity contribution < 1.29 is 0 Å². The second-order valence-corrected chi connectivity index (χ2v) is 16.0. The van der Waals surface area contributed by atoms with E-state index in [0.717, 1.165) is 22.7 Å². The van der Waals surface area contributed by atoms with Crippen molar-refractivity contribution >= 4 is 60.4 Å². The molecule has 0 radical (unpaired) electrons. The minimum atomic E-state index is -0.574. The lowest BCUT2D eigenvalue weighted by Crippen LogP contribution is -2.36. The van der Waals surface area contributed by atoms with Crippen LogP contribution in [0.2, 0.25) is 0 Å². The van der Waals surface area contributed by atoms with Crippen molar-refractivity contribution in [3.8, 4) is 27.9 Å². The normalized spacial score (nSPS) is 14.8. The molecule has 0 aliphatic heterocycles. The molecule has 10 aromatic carbocycles. The molecule has 11 aromatic rings. The lowest BCUT2D eigenvalue weighted by atomic mass is 9.55. The third kappa shape index (κ3) is 4.35. The number of para-hydroxylation sites is 3. The van der Waals surface area contributed by atoms with Gasteiger partial charge in [-0.3, -0.25) is 0 Å². The number of rotatable bonds is 4. The van der Waals surface area contributed by atoms with Crippen LogP contribution in [0.25, 0.3) is 71.3 Å². The molecule has 0 bridgehead atoms. The molecule has 0 saturated heterocycles. The van der Waals surface area contributed by atoms with E-state index in [2.05, 4.69) is 228 Å². The molecule has 274 valence electrons. The molecular weight excluding hydrogens is 713 g/mol. The molecule has 2 aliphatic carbocycles. The molecule has 1 aromatic heterocycles. The Labute approximate surface area is 342 Å². The van der Waals surface area contributed by atoms with Gasteiger partial charge in [0.25, 0.3) is 0 Å². The van der Waals surface area contributed by atoms with Crippen LogP contribution in [0.5, 0.6) is 0 Å². The zero-order valence-corrected chi connectivity index (χ0v) is 32.2. The fourth-order valence-electron chi connectivity index (χ4n) is 10.9. The van der Waals surface area contributed by atoms with Crippen molar-refractivity contribution in [2.75, 3.05) is 4.90 Å². The predicted octanol–water partition coefficient (Wildman–Crippen LogP) is 14.9. The predicted molar refractivity (Wildman–Crippen MR) is 247 cm³/mol. The molecule has 1 atom stereocenters. The summed E-state index contributed by atoms with van der Waals surface area (Å²) in [6.45, 7) is 0. The van der Waals surface area contributed by atoms with Crippen molar-refractivity contribution in [3.05, 3.63) is 241 Å². The van der Waals surface area contributed by atoms with Crippen LogP contribution in [0.1, 0.15) is 22.3 Å². The number of anilines is 3. The summed E-state index contributed by atoms with van der Waals surface area (Å²) in [4.78, 5) is 2.45. The van der Waals surface area contributed by atoms with Gasteiger partial charge in [-0.15, -0.1) is 0 Å². The molecule has 59 heavy (non-hydrogen) atoms. The Morgan fingerprint density at radius 1 is 0.322 bits per heavy atom. The van der Waals surface area contributed by atoms with Gasteiger partial charge in [0.1, 0.15) is 0 Å². The van der Waals surface area contributed by atoms with E-state index in [4.69, 9.17) is 0 Å². The Morgan fingerprint density at radius 2 is 0.847 bits per heavy atom. The Kier molecular flexibility index (Phi) is 6.68. The smallest absolute Gasteiger partial charge is 0.0726 e. The summed E-state index contributed by atoms with van der Waals surface area (Å²) in [5.74, 6) is 0. The highest BCUT2D eigenvalue weighted by Gasteiger charge is 2.48. The second kappa shape index (κ2) is 12.2. The van der Waals surface area contributed by atoms with E-state index in [1.165, 1.54) is 87.9 Å². The van der Waals surface area contributed by atoms with Crippen LogP contribution in [0.15, 0.2) is 218 Å². The molecule has 0 N–H and O–H groups in total. The van der Waals surface area contributed by atoms with Crippen molar-refractivity contribution in [1.82, 2.24) is 4.57 Å². The maximum Gasteiger partial charge on any atom is 0.0726 e. The van der Waals surface area contributed by atoms with E-state index < -0.39 is 5.41 Å². The van der Waals surface area contributed by atoms with Gasteiger partial charge < -0.3 is 9.47 Å². The van der Waals surface area contributed by atoms with E-state index in [0.29, 0.717) is 0 Å². The number of benzene rings is 10. The maximum absolute atomic E-state index is 2.51. The van der Waals surface area contributed by atoms with Gasteiger partial charge in [0.2, 0.25) is 0 Å². The van der Waals surface area contributed by atoms with Crippen molar-refractivity contribution in [1.29, 1.82) is 0 Å². The Bertz CT molecular complexity index is 3480. The van der Waals surface area contributed by atoms with E-state index in [1.54, 1.807) is 0 Å². The van der Waals surface area contributed by atoms with Crippen LogP contribution in [-0.4, -0.2) is 4.57 Å². The third-order valence-corrected chi connectivity index (χ3v) is 13.1. The van der Waals surface area contributed by atoms with Crippen molar-refractivity contribution in [2.24, 2.45) is 0 Å². The highest BCUT2D eigenvalue weighted by atomic mass is 15.1. The molecular formula is C57H36N2. The number of nitrogens with zero attached hydrogens (tertiary/aromatic N) is 2. The molecule has 0 amide bonds. The molecule has 1 heterocycles. The molecule has 2 heteroatoms. The highest BCUT2D eigenvalue weighted by molar-refractivity contribution is 6.12. The minimum absolute atomic E-state index is 0.574. The van der Waals surface area contributed by atoms with Gasteiger partial charge in [0, 0.05) is 33.5 Å². The molecule has 0 saturated carbocycles. The number of hydrogen-bond acceptors (Lipinski definition) is 1. The van der Waals surface area contributed by atoms with Gasteiger partial charge in [-0.1, -0.05) is 164 Å². The Morgan fingerprint density at radius 3 is 1.58 bits per heavy atom. The first kappa shape index (κ1) is 32.4. The van der Waals surface area contributed by atoms with E-state index >= 15 is 0 Å². The van der Waals surface area contributed by atoms with Crippen LogP contribution in [0.3, 0.4) is 0 Å². The molecule has 0 fully saturated rings. The number of aromatic nitrogens is 1. The van der Waals surface area contributed by atoms with E-state index in [1.807, 2.05) is 0 Å². The maximum atomic E-state index is 2.51. The standard InChI is InChI=1S/C57H36N2/c1-3-19-39(20-4-1)58(42-32-34-46-45-24-8-10-30-53(45)59(54(46)36-42)40-21-5-2-6-22-40)41-31-33-44-48-26-12-16-38-18-14-29-51(56(38)48)57(52(44)35-41)49-27-9-7-23-43(49)47-25-11-15-37-17-13-28-50(57)55(37)47/h1-36H. The van der Waals surface area contributed by atoms with E-state index in [9.17, 15) is 0 Å². The fraction of sp³-hybridized carbons (Fsp3) is 0.0175. The minimum Gasteiger partial charge on any atom is -0.310 e. The van der Waals surface area contributed by atoms with Crippen LogP contribution < -0.4 is 4.90 Å². The quantitative estimate of drug-likeness (QED) is 0.174. The average Bonchev–Trinajstić information content (AvgIpc) is 3.63. The van der Waals surface area contributed by atoms with Crippen LogP contribution in [0, 0.1) is 0 Å². The second-order valence-electron chi connectivity index (χ2n) is 16.0. The molecule has 2 nitrogen and oxygen atoms in total. The average molecular weight is 749 g/mol. The van der Waals surface area contributed by atoms with Crippen LogP contribution in [0.4, 0.5) is 17.1 Å². The van der Waals surface area contributed by atoms with Crippen molar-refractivity contribution in [3.63, 3.8) is 0 Å². The van der Waals surface area contributed by atoms with Crippen LogP contribution >= 0.6 is 0 Å². The first-order chi connectivity index (χ1) is 29.3. The van der Waals surface area contributed by atoms with Gasteiger partial charge in [-0.05, 0) is 121 Å². The summed E-state index contributed by atoms with van der Waals surface area (Å²) >= 11 is 0. The summed E-state index contributed by atoms with van der Waals surface area (Å²) in [6, 6.07) is 81.3.